The molecule has 2 heterocycles. The highest BCUT2D eigenvalue weighted by molar-refractivity contribution is 5.72. The molecule has 0 bridgehead atoms. The molecule has 3 atom stereocenters. The molecule has 0 aromatic carbocycles. The lowest BCUT2D eigenvalue weighted by Gasteiger charge is -2.30. The predicted molar refractivity (Wildman–Crippen MR) is 66.8 cm³/mol. The van der Waals surface area contributed by atoms with Crippen LogP contribution in [0.5, 0.6) is 0 Å². The number of ether oxygens (including phenoxy) is 1. The first-order chi connectivity index (χ1) is 8.08. The van der Waals surface area contributed by atoms with Crippen molar-refractivity contribution in [1.29, 1.82) is 0 Å². The number of hydrogen-bond acceptors (Lipinski definition) is 4. The summed E-state index contributed by atoms with van der Waals surface area (Å²) in [5.41, 5.74) is 0.476. The Hall–Kier alpha value is -0.610. The number of nitrogens with zero attached hydrogens (tertiary/aromatic N) is 1. The van der Waals surface area contributed by atoms with Crippen LogP contribution in [0.1, 0.15) is 26.7 Å². The molecule has 3 unspecified atom stereocenters. The summed E-state index contributed by atoms with van der Waals surface area (Å²) in [4.78, 5) is 14.0. The largest absolute Gasteiger partial charge is 0.469 e. The summed E-state index contributed by atoms with van der Waals surface area (Å²) < 4.78 is 4.83. The molecule has 2 aliphatic heterocycles. The predicted octanol–water partition coefficient (Wildman–Crippen LogP) is 0.869. The molecule has 1 N–H and O–H groups in total. The van der Waals surface area contributed by atoms with Crippen molar-refractivity contribution in [3.63, 3.8) is 0 Å². The molecule has 4 heteroatoms. The minimum absolute atomic E-state index is 0.0375. The van der Waals surface area contributed by atoms with E-state index < -0.39 is 0 Å². The Balaban J connectivity index is 1.93. The van der Waals surface area contributed by atoms with Gasteiger partial charge in [-0.2, -0.15) is 0 Å². The molecule has 0 aromatic rings. The second-order valence-electron chi connectivity index (χ2n) is 5.70. The van der Waals surface area contributed by atoms with Crippen molar-refractivity contribution in [3.05, 3.63) is 0 Å². The number of esters is 1. The Morgan fingerprint density at radius 1 is 1.41 bits per heavy atom. The van der Waals surface area contributed by atoms with E-state index in [4.69, 9.17) is 4.74 Å². The zero-order chi connectivity index (χ0) is 12.5. The van der Waals surface area contributed by atoms with E-state index in [2.05, 4.69) is 17.1 Å². The van der Waals surface area contributed by atoms with E-state index in [0.29, 0.717) is 5.41 Å². The van der Waals surface area contributed by atoms with E-state index in [1.54, 1.807) is 0 Å². The number of likely N-dealkylation sites (tertiary alicyclic amines) is 1. The van der Waals surface area contributed by atoms with Crippen LogP contribution in [0.15, 0.2) is 0 Å². The second-order valence-corrected chi connectivity index (χ2v) is 5.70. The number of hydrogen-bond donors (Lipinski definition) is 1. The molecule has 0 amide bonds. The molecule has 0 aliphatic carbocycles. The monoisotopic (exact) mass is 240 g/mol. The zero-order valence-corrected chi connectivity index (χ0v) is 11.2. The average molecular weight is 240 g/mol. The van der Waals surface area contributed by atoms with E-state index >= 15 is 0 Å². The van der Waals surface area contributed by atoms with Gasteiger partial charge in [-0.1, -0.05) is 6.92 Å². The highest BCUT2D eigenvalue weighted by atomic mass is 16.5. The maximum Gasteiger partial charge on any atom is 0.309 e. The highest BCUT2D eigenvalue weighted by Crippen LogP contribution is 2.37. The third kappa shape index (κ3) is 2.47. The van der Waals surface area contributed by atoms with Crippen LogP contribution in [0.2, 0.25) is 0 Å². The van der Waals surface area contributed by atoms with Gasteiger partial charge in [-0.3, -0.25) is 9.69 Å². The summed E-state index contributed by atoms with van der Waals surface area (Å²) in [5.74, 6) is -0.132. The fourth-order valence-electron chi connectivity index (χ4n) is 3.16. The first kappa shape index (κ1) is 12.8. The first-order valence-electron chi connectivity index (χ1n) is 6.61. The highest BCUT2D eigenvalue weighted by Gasteiger charge is 2.42. The van der Waals surface area contributed by atoms with Crippen molar-refractivity contribution in [3.8, 4) is 0 Å². The molecule has 2 rings (SSSR count). The standard InChI is InChI=1S/C13H24N2O2/c1-10(12(16)17-3)11(2)15-7-5-13(9-15)4-6-14-8-13/h10-11,14H,4-9H2,1-3H3. The molecule has 17 heavy (non-hydrogen) atoms. The molecular weight excluding hydrogens is 216 g/mol. The zero-order valence-electron chi connectivity index (χ0n) is 11.2. The maximum atomic E-state index is 11.6. The van der Waals surface area contributed by atoms with Crippen LogP contribution in [-0.4, -0.2) is 50.2 Å². The SMILES string of the molecule is COC(=O)C(C)C(C)N1CCC2(CCNC2)C1. The van der Waals surface area contributed by atoms with Crippen LogP contribution < -0.4 is 5.32 Å². The summed E-state index contributed by atoms with van der Waals surface area (Å²) in [6.45, 7) is 8.64. The smallest absolute Gasteiger partial charge is 0.309 e. The van der Waals surface area contributed by atoms with E-state index in [1.165, 1.54) is 20.0 Å². The summed E-state index contributed by atoms with van der Waals surface area (Å²) in [6, 6.07) is 0.280. The summed E-state index contributed by atoms with van der Waals surface area (Å²) >= 11 is 0. The van der Waals surface area contributed by atoms with Crippen molar-refractivity contribution in [2.24, 2.45) is 11.3 Å². The second kappa shape index (κ2) is 4.94. The van der Waals surface area contributed by atoms with E-state index in [-0.39, 0.29) is 17.9 Å². The molecule has 2 saturated heterocycles. The van der Waals surface area contributed by atoms with Crippen LogP contribution in [0, 0.1) is 11.3 Å². The van der Waals surface area contributed by atoms with Gasteiger partial charge in [-0.05, 0) is 38.3 Å². The summed E-state index contributed by atoms with van der Waals surface area (Å²) in [6.07, 6.45) is 2.54. The quantitative estimate of drug-likeness (QED) is 0.743. The number of carbonyl (C=O) groups excluding carboxylic acids is 1. The van der Waals surface area contributed by atoms with E-state index in [9.17, 15) is 4.79 Å². The third-order valence-electron chi connectivity index (χ3n) is 4.67. The Morgan fingerprint density at radius 2 is 2.18 bits per heavy atom. The maximum absolute atomic E-state index is 11.6. The van der Waals surface area contributed by atoms with Gasteiger partial charge in [0.05, 0.1) is 13.0 Å². The van der Waals surface area contributed by atoms with Gasteiger partial charge in [0.2, 0.25) is 0 Å². The van der Waals surface area contributed by atoms with Crippen molar-refractivity contribution >= 4 is 5.97 Å². The van der Waals surface area contributed by atoms with Gasteiger partial charge in [-0.15, -0.1) is 0 Å². The third-order valence-corrected chi connectivity index (χ3v) is 4.67. The lowest BCUT2D eigenvalue weighted by atomic mass is 9.86. The number of nitrogens with one attached hydrogen (secondary N) is 1. The molecule has 0 aromatic heterocycles. The number of methoxy groups -OCH3 is 1. The first-order valence-corrected chi connectivity index (χ1v) is 6.61. The van der Waals surface area contributed by atoms with E-state index in [0.717, 1.165) is 26.2 Å². The van der Waals surface area contributed by atoms with Crippen LogP contribution in [-0.2, 0) is 9.53 Å². The van der Waals surface area contributed by atoms with Gasteiger partial charge < -0.3 is 10.1 Å². The molecule has 98 valence electrons. The lowest BCUT2D eigenvalue weighted by molar-refractivity contribution is -0.146. The summed E-state index contributed by atoms with van der Waals surface area (Å²) in [5, 5.41) is 3.46. The van der Waals surface area contributed by atoms with Gasteiger partial charge in [0.1, 0.15) is 0 Å². The topological polar surface area (TPSA) is 41.6 Å². The van der Waals surface area contributed by atoms with Crippen molar-refractivity contribution < 1.29 is 9.53 Å². The molecule has 4 nitrogen and oxygen atoms in total. The molecular formula is C13H24N2O2. The average Bonchev–Trinajstić information content (AvgIpc) is 2.97. The van der Waals surface area contributed by atoms with Gasteiger partial charge >= 0.3 is 5.97 Å². The van der Waals surface area contributed by atoms with Gasteiger partial charge in [0.25, 0.3) is 0 Å². The van der Waals surface area contributed by atoms with Crippen LogP contribution in [0.4, 0.5) is 0 Å². The molecule has 0 radical (unpaired) electrons. The number of rotatable bonds is 3. The minimum atomic E-state index is -0.0944. The Kier molecular flexibility index (Phi) is 3.73. The van der Waals surface area contributed by atoms with Crippen LogP contribution >= 0.6 is 0 Å². The number of carbonyl (C=O) groups is 1. The van der Waals surface area contributed by atoms with Crippen LogP contribution in [0.25, 0.3) is 0 Å². The van der Waals surface area contributed by atoms with Gasteiger partial charge in [0, 0.05) is 19.1 Å². The molecule has 0 saturated carbocycles. The molecule has 2 aliphatic rings. The van der Waals surface area contributed by atoms with Gasteiger partial charge in [0.15, 0.2) is 0 Å². The van der Waals surface area contributed by atoms with Crippen molar-refractivity contribution in [2.75, 3.05) is 33.3 Å². The Bertz CT molecular complexity index is 287. The van der Waals surface area contributed by atoms with Crippen molar-refractivity contribution in [2.45, 2.75) is 32.7 Å². The van der Waals surface area contributed by atoms with E-state index in [1.807, 2.05) is 6.92 Å². The lowest BCUT2D eigenvalue weighted by Crippen LogP contribution is -2.41. The Labute approximate surface area is 104 Å². The molecule has 1 spiro atoms. The van der Waals surface area contributed by atoms with Gasteiger partial charge in [-0.25, -0.2) is 0 Å². The Morgan fingerprint density at radius 3 is 2.76 bits per heavy atom. The molecule has 2 fully saturated rings. The minimum Gasteiger partial charge on any atom is -0.469 e. The van der Waals surface area contributed by atoms with Crippen LogP contribution in [0.3, 0.4) is 0 Å². The van der Waals surface area contributed by atoms with Crippen molar-refractivity contribution in [1.82, 2.24) is 10.2 Å². The fraction of sp³-hybridized carbons (Fsp3) is 0.923. The summed E-state index contributed by atoms with van der Waals surface area (Å²) in [7, 11) is 1.47. The normalized spacial score (nSPS) is 32.9. The fourth-order valence-corrected chi connectivity index (χ4v) is 3.16.